The lowest BCUT2D eigenvalue weighted by Crippen LogP contribution is -2.39. The quantitative estimate of drug-likeness (QED) is 0.413. The van der Waals surface area contributed by atoms with Crippen LogP contribution in [0.15, 0.2) is 60.7 Å². The second kappa shape index (κ2) is 11.2. The molecule has 0 saturated carbocycles. The zero-order valence-corrected chi connectivity index (χ0v) is 20.5. The molecule has 4 amide bonds. The number of rotatable bonds is 9. The van der Waals surface area contributed by atoms with Crippen molar-refractivity contribution in [2.24, 2.45) is 0 Å². The highest BCUT2D eigenvalue weighted by atomic mass is 19.2. The van der Waals surface area contributed by atoms with Gasteiger partial charge in [0.15, 0.2) is 23.1 Å². The first-order valence-electron chi connectivity index (χ1n) is 11.6. The van der Waals surface area contributed by atoms with Gasteiger partial charge in [-0.25, -0.2) is 22.9 Å². The zero-order chi connectivity index (χ0) is 27.4. The van der Waals surface area contributed by atoms with Crippen LogP contribution in [0.2, 0.25) is 0 Å². The topological polar surface area (TPSA) is 88.2 Å². The molecule has 0 radical (unpaired) electrons. The lowest BCUT2D eigenvalue weighted by molar-refractivity contribution is -0.124. The van der Waals surface area contributed by atoms with Gasteiger partial charge in [0.1, 0.15) is 11.9 Å². The Kier molecular flexibility index (Phi) is 7.85. The molecule has 4 rings (SSSR count). The lowest BCUT2D eigenvalue weighted by atomic mass is 10.1. The minimum atomic E-state index is -1.18. The molecule has 198 valence electrons. The van der Waals surface area contributed by atoms with Crippen molar-refractivity contribution in [2.45, 2.75) is 18.9 Å². The van der Waals surface area contributed by atoms with Gasteiger partial charge in [-0.15, -0.1) is 0 Å². The third kappa shape index (κ3) is 5.56. The standard InChI is InChI=1S/C27H24F3N3O5/c1-37-23-10-3-16(13-24(23)38-2)11-12-32-22(15-25(34)31-18-6-9-20(29)21(30)14-18)26(35)33(27(32)36)19-7-4-17(28)5-8-19/h3-10,13-14,22H,11-12,15H2,1-2H3,(H,31,34)/t22-/m1/s1. The number of methoxy groups -OCH3 is 2. The summed E-state index contributed by atoms with van der Waals surface area (Å²) in [4.78, 5) is 41.6. The van der Waals surface area contributed by atoms with Crippen LogP contribution in [-0.2, 0) is 16.0 Å². The van der Waals surface area contributed by atoms with E-state index in [0.717, 1.165) is 34.7 Å². The van der Waals surface area contributed by atoms with Crippen LogP contribution in [0.25, 0.3) is 0 Å². The predicted octanol–water partition coefficient (Wildman–Crippen LogP) is 4.53. The van der Waals surface area contributed by atoms with E-state index in [1.165, 1.54) is 37.3 Å². The fourth-order valence-corrected chi connectivity index (χ4v) is 4.16. The van der Waals surface area contributed by atoms with Crippen LogP contribution in [0.4, 0.5) is 29.3 Å². The van der Waals surface area contributed by atoms with E-state index in [0.29, 0.717) is 17.9 Å². The van der Waals surface area contributed by atoms with Crippen LogP contribution in [0, 0.1) is 17.5 Å². The van der Waals surface area contributed by atoms with Crippen LogP contribution in [-0.4, -0.2) is 49.6 Å². The predicted molar refractivity (Wildman–Crippen MR) is 133 cm³/mol. The molecule has 3 aromatic rings. The van der Waals surface area contributed by atoms with Gasteiger partial charge >= 0.3 is 6.03 Å². The fraction of sp³-hybridized carbons (Fsp3) is 0.222. The summed E-state index contributed by atoms with van der Waals surface area (Å²) in [6.07, 6.45) is -0.120. The highest BCUT2D eigenvalue weighted by Gasteiger charge is 2.46. The van der Waals surface area contributed by atoms with Gasteiger partial charge < -0.3 is 19.7 Å². The molecule has 1 fully saturated rings. The minimum absolute atomic E-state index is 0.00191. The summed E-state index contributed by atoms with van der Waals surface area (Å²) in [6, 6.07) is 11.1. The number of imide groups is 1. The van der Waals surface area contributed by atoms with Gasteiger partial charge in [-0.1, -0.05) is 6.07 Å². The molecule has 11 heteroatoms. The molecule has 8 nitrogen and oxygen atoms in total. The summed E-state index contributed by atoms with van der Waals surface area (Å²) in [5.74, 6) is -3.10. The molecule has 38 heavy (non-hydrogen) atoms. The minimum Gasteiger partial charge on any atom is -0.493 e. The smallest absolute Gasteiger partial charge is 0.332 e. The SMILES string of the molecule is COc1ccc(CCN2C(=O)N(c3ccc(F)cc3)C(=O)[C@H]2CC(=O)Nc2ccc(F)c(F)c2)cc1OC. The normalized spacial score (nSPS) is 15.1. The lowest BCUT2D eigenvalue weighted by Gasteiger charge is -2.22. The van der Waals surface area contributed by atoms with Gasteiger partial charge in [-0.3, -0.25) is 9.59 Å². The first-order chi connectivity index (χ1) is 18.2. The number of ether oxygens (including phenoxy) is 2. The van der Waals surface area contributed by atoms with Crippen molar-refractivity contribution in [1.29, 1.82) is 0 Å². The summed E-state index contributed by atoms with van der Waals surface area (Å²) in [5, 5.41) is 2.42. The van der Waals surface area contributed by atoms with Crippen LogP contribution in [0.1, 0.15) is 12.0 Å². The second-order valence-corrected chi connectivity index (χ2v) is 8.46. The van der Waals surface area contributed by atoms with Gasteiger partial charge in [0.25, 0.3) is 5.91 Å². The van der Waals surface area contributed by atoms with E-state index in [9.17, 15) is 27.6 Å². The molecule has 1 saturated heterocycles. The van der Waals surface area contributed by atoms with Crippen LogP contribution in [0.5, 0.6) is 11.5 Å². The molecule has 1 heterocycles. The van der Waals surface area contributed by atoms with E-state index in [1.54, 1.807) is 18.2 Å². The number of anilines is 2. The number of carbonyl (C=O) groups is 3. The maximum atomic E-state index is 13.6. The Morgan fingerprint density at radius 2 is 1.61 bits per heavy atom. The molecular weight excluding hydrogens is 503 g/mol. The Morgan fingerprint density at radius 3 is 2.26 bits per heavy atom. The second-order valence-electron chi connectivity index (χ2n) is 8.46. The highest BCUT2D eigenvalue weighted by molar-refractivity contribution is 6.22. The van der Waals surface area contributed by atoms with E-state index < -0.39 is 47.8 Å². The molecular formula is C27H24F3N3O5. The zero-order valence-electron chi connectivity index (χ0n) is 20.5. The number of amides is 4. The van der Waals surface area contributed by atoms with Crippen molar-refractivity contribution in [3.05, 3.63) is 83.7 Å². The molecule has 0 unspecified atom stereocenters. The number of urea groups is 1. The van der Waals surface area contributed by atoms with Crippen molar-refractivity contribution in [3.63, 3.8) is 0 Å². The van der Waals surface area contributed by atoms with Crippen LogP contribution in [0.3, 0.4) is 0 Å². The Hall–Kier alpha value is -4.54. The molecule has 1 aliphatic heterocycles. The summed E-state index contributed by atoms with van der Waals surface area (Å²) in [5.41, 5.74) is 0.937. The number of hydrogen-bond acceptors (Lipinski definition) is 5. The third-order valence-electron chi connectivity index (χ3n) is 6.07. The Bertz CT molecular complexity index is 1370. The number of nitrogens with one attached hydrogen (secondary N) is 1. The largest absolute Gasteiger partial charge is 0.493 e. The van der Waals surface area contributed by atoms with E-state index in [4.69, 9.17) is 9.47 Å². The molecule has 1 aliphatic rings. The molecule has 0 aliphatic carbocycles. The Labute approximate surface area is 216 Å². The fourth-order valence-electron chi connectivity index (χ4n) is 4.16. The van der Waals surface area contributed by atoms with Crippen molar-refractivity contribution in [2.75, 3.05) is 31.0 Å². The molecule has 0 aromatic heterocycles. The van der Waals surface area contributed by atoms with E-state index in [2.05, 4.69) is 5.32 Å². The van der Waals surface area contributed by atoms with E-state index in [1.807, 2.05) is 0 Å². The van der Waals surface area contributed by atoms with Crippen LogP contribution < -0.4 is 19.7 Å². The monoisotopic (exact) mass is 527 g/mol. The van der Waals surface area contributed by atoms with Gasteiger partial charge in [0, 0.05) is 18.3 Å². The van der Waals surface area contributed by atoms with Crippen molar-refractivity contribution in [1.82, 2.24) is 4.90 Å². The van der Waals surface area contributed by atoms with E-state index >= 15 is 0 Å². The number of hydrogen-bond donors (Lipinski definition) is 1. The summed E-state index contributed by atoms with van der Waals surface area (Å²) >= 11 is 0. The molecule has 3 aromatic carbocycles. The first kappa shape index (κ1) is 26.5. The molecule has 1 atom stereocenters. The van der Waals surface area contributed by atoms with Gasteiger partial charge in [-0.05, 0) is 60.5 Å². The molecule has 0 bridgehead atoms. The number of benzene rings is 3. The maximum absolute atomic E-state index is 13.6. The summed E-state index contributed by atoms with van der Waals surface area (Å²) in [6.45, 7) is 0.0703. The summed E-state index contributed by atoms with van der Waals surface area (Å²) in [7, 11) is 3.00. The Balaban J connectivity index is 1.57. The number of halogens is 3. The van der Waals surface area contributed by atoms with Gasteiger partial charge in [0.05, 0.1) is 26.3 Å². The van der Waals surface area contributed by atoms with Crippen molar-refractivity contribution < 1.29 is 37.0 Å². The maximum Gasteiger partial charge on any atom is 0.332 e. The first-order valence-corrected chi connectivity index (χ1v) is 11.6. The van der Waals surface area contributed by atoms with Gasteiger partial charge in [-0.2, -0.15) is 0 Å². The third-order valence-corrected chi connectivity index (χ3v) is 6.07. The molecule has 1 N–H and O–H groups in total. The average Bonchev–Trinajstić information content (AvgIpc) is 3.13. The van der Waals surface area contributed by atoms with Crippen LogP contribution >= 0.6 is 0 Å². The van der Waals surface area contributed by atoms with Crippen molar-refractivity contribution in [3.8, 4) is 11.5 Å². The summed E-state index contributed by atoms with van der Waals surface area (Å²) < 4.78 is 50.8. The van der Waals surface area contributed by atoms with Gasteiger partial charge in [0.2, 0.25) is 5.91 Å². The van der Waals surface area contributed by atoms with E-state index in [-0.39, 0.29) is 17.9 Å². The molecule has 0 spiro atoms. The number of carbonyl (C=O) groups excluding carboxylic acids is 3. The number of nitrogens with zero attached hydrogens (tertiary/aromatic N) is 2. The highest BCUT2D eigenvalue weighted by Crippen LogP contribution is 2.30. The van der Waals surface area contributed by atoms with Crippen molar-refractivity contribution >= 4 is 29.2 Å². The Morgan fingerprint density at radius 1 is 0.895 bits per heavy atom. The average molecular weight is 527 g/mol.